The number of benzene rings is 1. The van der Waals surface area contributed by atoms with Crippen molar-refractivity contribution in [3.05, 3.63) is 42.0 Å². The van der Waals surface area contributed by atoms with Crippen molar-refractivity contribution in [1.29, 1.82) is 0 Å². The molecule has 0 saturated heterocycles. The van der Waals surface area contributed by atoms with Crippen LogP contribution in [0, 0.1) is 5.92 Å². The van der Waals surface area contributed by atoms with Crippen molar-refractivity contribution in [1.82, 2.24) is 0 Å². The Morgan fingerprint density at radius 1 is 1.39 bits per heavy atom. The van der Waals surface area contributed by atoms with Gasteiger partial charge in [0.1, 0.15) is 5.76 Å². The van der Waals surface area contributed by atoms with Gasteiger partial charge in [-0.05, 0) is 13.0 Å². The van der Waals surface area contributed by atoms with Gasteiger partial charge in [-0.2, -0.15) is 0 Å². The van der Waals surface area contributed by atoms with Crippen LogP contribution in [0.4, 0.5) is 0 Å². The Hall–Kier alpha value is -2.10. The summed E-state index contributed by atoms with van der Waals surface area (Å²) < 4.78 is 10.1. The molecule has 1 heterocycles. The molecule has 0 saturated carbocycles. The summed E-state index contributed by atoms with van der Waals surface area (Å²) in [6, 6.07) is 9.22. The maximum atomic E-state index is 11.6. The average Bonchev–Trinajstić information content (AvgIpc) is 2.39. The third kappa shape index (κ3) is 2.77. The molecular formula is C14H14O4. The smallest absolute Gasteiger partial charge is 0.313 e. The Morgan fingerprint density at radius 3 is 2.78 bits per heavy atom. The van der Waals surface area contributed by atoms with Crippen LogP contribution < -0.4 is 0 Å². The first-order valence-corrected chi connectivity index (χ1v) is 5.85. The van der Waals surface area contributed by atoms with Gasteiger partial charge in [-0.25, -0.2) is 0 Å². The van der Waals surface area contributed by atoms with Gasteiger partial charge in [0.05, 0.1) is 18.9 Å². The highest BCUT2D eigenvalue weighted by molar-refractivity contribution is 5.88. The lowest BCUT2D eigenvalue weighted by Gasteiger charge is -2.19. The zero-order chi connectivity index (χ0) is 13.0. The van der Waals surface area contributed by atoms with E-state index in [1.54, 1.807) is 13.0 Å². The summed E-state index contributed by atoms with van der Waals surface area (Å²) in [7, 11) is 0. The standard InChI is InChI=1S/C14H14O4/c1-2-17-14(16)11-8-12(18-13(15)9-11)10-6-4-3-5-7-10/h3-8,11H,2,9H2,1H3/t11-/m0/s1. The summed E-state index contributed by atoms with van der Waals surface area (Å²) in [6.07, 6.45) is 1.68. The van der Waals surface area contributed by atoms with E-state index in [0.717, 1.165) is 5.56 Å². The maximum absolute atomic E-state index is 11.6. The van der Waals surface area contributed by atoms with E-state index in [9.17, 15) is 9.59 Å². The largest absolute Gasteiger partial charge is 0.466 e. The second-order valence-corrected chi connectivity index (χ2v) is 3.93. The van der Waals surface area contributed by atoms with E-state index >= 15 is 0 Å². The fraction of sp³-hybridized carbons (Fsp3) is 0.286. The number of carbonyl (C=O) groups is 2. The van der Waals surface area contributed by atoms with Crippen LogP contribution in [0.25, 0.3) is 5.76 Å². The Bertz CT molecular complexity index is 476. The molecule has 0 N–H and O–H groups in total. The molecule has 4 heteroatoms. The number of ether oxygens (including phenoxy) is 2. The van der Waals surface area contributed by atoms with Crippen LogP contribution in [-0.4, -0.2) is 18.5 Å². The van der Waals surface area contributed by atoms with Crippen molar-refractivity contribution in [2.45, 2.75) is 13.3 Å². The minimum absolute atomic E-state index is 0.0369. The molecule has 0 amide bonds. The van der Waals surface area contributed by atoms with Crippen molar-refractivity contribution < 1.29 is 19.1 Å². The first-order chi connectivity index (χ1) is 8.70. The van der Waals surface area contributed by atoms with E-state index in [-0.39, 0.29) is 12.4 Å². The molecule has 4 nitrogen and oxygen atoms in total. The van der Waals surface area contributed by atoms with Crippen LogP contribution in [0.1, 0.15) is 18.9 Å². The van der Waals surface area contributed by atoms with Crippen molar-refractivity contribution in [2.24, 2.45) is 5.92 Å². The van der Waals surface area contributed by atoms with E-state index in [1.807, 2.05) is 30.3 Å². The Labute approximate surface area is 105 Å². The molecule has 1 aliphatic rings. The number of cyclic esters (lactones) is 1. The first kappa shape index (κ1) is 12.4. The van der Waals surface area contributed by atoms with Crippen LogP contribution in [0.2, 0.25) is 0 Å². The predicted octanol–water partition coefficient (Wildman–Crippen LogP) is 2.15. The Morgan fingerprint density at radius 2 is 2.11 bits per heavy atom. The highest BCUT2D eigenvalue weighted by atomic mass is 16.5. The number of carbonyl (C=O) groups excluding carboxylic acids is 2. The zero-order valence-electron chi connectivity index (χ0n) is 10.1. The van der Waals surface area contributed by atoms with Crippen LogP contribution in [0.15, 0.2) is 36.4 Å². The molecule has 1 aromatic carbocycles. The topological polar surface area (TPSA) is 52.6 Å². The number of hydrogen-bond acceptors (Lipinski definition) is 4. The fourth-order valence-corrected chi connectivity index (χ4v) is 1.78. The van der Waals surface area contributed by atoms with Crippen molar-refractivity contribution in [3.63, 3.8) is 0 Å². The molecule has 94 valence electrons. The first-order valence-electron chi connectivity index (χ1n) is 5.85. The van der Waals surface area contributed by atoms with Gasteiger partial charge in [-0.1, -0.05) is 30.3 Å². The lowest BCUT2D eigenvalue weighted by Crippen LogP contribution is -2.24. The summed E-state index contributed by atoms with van der Waals surface area (Å²) in [5, 5.41) is 0. The summed E-state index contributed by atoms with van der Waals surface area (Å²) in [5.41, 5.74) is 0.778. The summed E-state index contributed by atoms with van der Waals surface area (Å²) in [4.78, 5) is 23.1. The lowest BCUT2D eigenvalue weighted by molar-refractivity contribution is -0.151. The van der Waals surface area contributed by atoms with Crippen molar-refractivity contribution in [3.8, 4) is 0 Å². The molecule has 0 aliphatic carbocycles. The zero-order valence-corrected chi connectivity index (χ0v) is 10.1. The SMILES string of the molecule is CCOC(=O)[C@H]1C=C(c2ccccc2)OC(=O)C1. The summed E-state index contributed by atoms with van der Waals surface area (Å²) in [6.45, 7) is 2.04. The average molecular weight is 246 g/mol. The van der Waals surface area contributed by atoms with Gasteiger partial charge in [-0.15, -0.1) is 0 Å². The van der Waals surface area contributed by atoms with E-state index in [2.05, 4.69) is 0 Å². The molecule has 0 bridgehead atoms. The third-order valence-electron chi connectivity index (χ3n) is 2.61. The van der Waals surface area contributed by atoms with E-state index in [1.165, 1.54) is 0 Å². The van der Waals surface area contributed by atoms with Gasteiger partial charge in [-0.3, -0.25) is 9.59 Å². The monoisotopic (exact) mass is 246 g/mol. The molecule has 2 rings (SSSR count). The van der Waals surface area contributed by atoms with Gasteiger partial charge >= 0.3 is 11.9 Å². The summed E-state index contributed by atoms with van der Waals surface area (Å²) in [5.74, 6) is -0.928. The van der Waals surface area contributed by atoms with E-state index in [0.29, 0.717) is 12.4 Å². The van der Waals surface area contributed by atoms with Gasteiger partial charge in [0.15, 0.2) is 0 Å². The molecule has 18 heavy (non-hydrogen) atoms. The van der Waals surface area contributed by atoms with Crippen molar-refractivity contribution in [2.75, 3.05) is 6.61 Å². The van der Waals surface area contributed by atoms with Crippen LogP contribution in [-0.2, 0) is 19.1 Å². The molecule has 1 aliphatic heterocycles. The number of hydrogen-bond donors (Lipinski definition) is 0. The second kappa shape index (κ2) is 5.49. The third-order valence-corrected chi connectivity index (χ3v) is 2.61. The lowest BCUT2D eigenvalue weighted by atomic mass is 10.00. The second-order valence-electron chi connectivity index (χ2n) is 3.93. The van der Waals surface area contributed by atoms with Gasteiger partial charge in [0.25, 0.3) is 0 Å². The molecule has 0 spiro atoms. The minimum atomic E-state index is -0.554. The number of esters is 2. The minimum Gasteiger partial charge on any atom is -0.466 e. The molecule has 0 unspecified atom stereocenters. The van der Waals surface area contributed by atoms with Gasteiger partial charge in [0.2, 0.25) is 0 Å². The van der Waals surface area contributed by atoms with Crippen LogP contribution >= 0.6 is 0 Å². The fourth-order valence-electron chi connectivity index (χ4n) is 1.78. The van der Waals surface area contributed by atoms with E-state index < -0.39 is 11.9 Å². The highest BCUT2D eigenvalue weighted by Gasteiger charge is 2.28. The predicted molar refractivity (Wildman–Crippen MR) is 65.3 cm³/mol. The van der Waals surface area contributed by atoms with E-state index in [4.69, 9.17) is 9.47 Å². The normalized spacial score (nSPS) is 18.8. The molecule has 0 aromatic heterocycles. The van der Waals surface area contributed by atoms with Crippen molar-refractivity contribution >= 4 is 17.7 Å². The molecule has 0 fully saturated rings. The van der Waals surface area contributed by atoms with Gasteiger partial charge < -0.3 is 9.47 Å². The quantitative estimate of drug-likeness (QED) is 0.767. The van der Waals surface area contributed by atoms with Crippen LogP contribution in [0.3, 0.4) is 0 Å². The molecule has 1 aromatic rings. The summed E-state index contributed by atoms with van der Waals surface area (Å²) >= 11 is 0. The molecular weight excluding hydrogens is 232 g/mol. The molecule has 0 radical (unpaired) electrons. The van der Waals surface area contributed by atoms with Crippen LogP contribution in [0.5, 0.6) is 0 Å². The maximum Gasteiger partial charge on any atom is 0.313 e. The Kier molecular flexibility index (Phi) is 3.77. The highest BCUT2D eigenvalue weighted by Crippen LogP contribution is 2.26. The Balaban J connectivity index is 2.24. The number of rotatable bonds is 3. The molecule has 1 atom stereocenters. The van der Waals surface area contributed by atoms with Gasteiger partial charge in [0, 0.05) is 5.56 Å².